The molecule has 2 fully saturated rings. The molecule has 0 aliphatic carbocycles. The minimum absolute atomic E-state index is 0.0485. The maximum Gasteiger partial charge on any atom is 0.410 e. The fourth-order valence-corrected chi connectivity index (χ4v) is 2.90. The lowest BCUT2D eigenvalue weighted by atomic mass is 10.1. The number of hydrogen-bond donors (Lipinski definition) is 0. The van der Waals surface area contributed by atoms with Gasteiger partial charge in [0.25, 0.3) is 11.8 Å². The molecule has 2 aliphatic rings. The van der Waals surface area contributed by atoms with Crippen molar-refractivity contribution in [1.82, 2.24) is 14.9 Å². The van der Waals surface area contributed by atoms with Gasteiger partial charge in [-0.25, -0.2) is 14.8 Å². The predicted molar refractivity (Wildman–Crippen MR) is 84.1 cm³/mol. The molecule has 0 spiro atoms. The number of nitrogens with zero attached hydrogens (tertiary/aromatic N) is 3. The number of rotatable bonds is 4. The maximum atomic E-state index is 12.3. The molecule has 0 aromatic carbocycles. The second kappa shape index (κ2) is 8.14. The van der Waals surface area contributed by atoms with Crippen LogP contribution < -0.4 is 9.47 Å². The first-order chi connectivity index (χ1) is 11.8. The van der Waals surface area contributed by atoms with Gasteiger partial charge in [0.2, 0.25) is 0 Å². The third-order valence-corrected chi connectivity index (χ3v) is 4.18. The van der Waals surface area contributed by atoms with Crippen LogP contribution in [0.3, 0.4) is 0 Å². The lowest BCUT2D eigenvalue weighted by molar-refractivity contribution is -0.0176. The topological polar surface area (TPSA) is 83.0 Å². The third-order valence-electron chi connectivity index (χ3n) is 4.18. The Labute approximate surface area is 141 Å². The molecule has 3 rings (SSSR count). The van der Waals surface area contributed by atoms with Gasteiger partial charge in [0, 0.05) is 31.8 Å². The summed E-state index contributed by atoms with van der Waals surface area (Å²) in [5.74, 6) is 0.698. The van der Waals surface area contributed by atoms with Crippen LogP contribution in [0.25, 0.3) is 0 Å². The van der Waals surface area contributed by atoms with Gasteiger partial charge in [0.05, 0.1) is 26.9 Å². The maximum absolute atomic E-state index is 12.3. The number of hydrogen-bond acceptors (Lipinski definition) is 7. The largest absolute Gasteiger partial charge is 0.477 e. The van der Waals surface area contributed by atoms with Crippen LogP contribution in [-0.2, 0) is 9.47 Å². The summed E-state index contributed by atoms with van der Waals surface area (Å²) in [6.45, 7) is 2.45. The van der Waals surface area contributed by atoms with Crippen LogP contribution in [0.4, 0.5) is 4.79 Å². The lowest BCUT2D eigenvalue weighted by Gasteiger charge is -2.33. The number of amides is 1. The second-order valence-corrected chi connectivity index (χ2v) is 5.89. The number of carbonyl (C=O) groups excluding carboxylic acids is 1. The van der Waals surface area contributed by atoms with E-state index in [1.807, 2.05) is 0 Å². The minimum Gasteiger partial charge on any atom is -0.477 e. The number of piperidine rings is 1. The molecule has 3 heterocycles. The molecular weight excluding hydrogens is 314 g/mol. The van der Waals surface area contributed by atoms with Crippen LogP contribution in [0.2, 0.25) is 0 Å². The summed E-state index contributed by atoms with van der Waals surface area (Å²) >= 11 is 0. The average molecular weight is 337 g/mol. The molecule has 1 aromatic rings. The van der Waals surface area contributed by atoms with Crippen LogP contribution >= 0.6 is 0 Å². The highest BCUT2D eigenvalue weighted by molar-refractivity contribution is 5.68. The fraction of sp³-hybridized carbons (Fsp3) is 0.688. The van der Waals surface area contributed by atoms with E-state index >= 15 is 0 Å². The number of aromatic nitrogens is 2. The van der Waals surface area contributed by atoms with E-state index in [0.717, 1.165) is 25.7 Å². The van der Waals surface area contributed by atoms with E-state index in [0.29, 0.717) is 38.1 Å². The van der Waals surface area contributed by atoms with E-state index in [2.05, 4.69) is 9.97 Å². The number of likely N-dealkylation sites (tertiary alicyclic amines) is 1. The van der Waals surface area contributed by atoms with Crippen LogP contribution in [-0.4, -0.2) is 66.6 Å². The molecule has 1 unspecified atom stereocenters. The highest BCUT2D eigenvalue weighted by Gasteiger charge is 2.29. The first kappa shape index (κ1) is 16.8. The monoisotopic (exact) mass is 337 g/mol. The van der Waals surface area contributed by atoms with E-state index in [1.165, 1.54) is 7.11 Å². The van der Waals surface area contributed by atoms with Crippen molar-refractivity contribution in [3.8, 4) is 11.8 Å². The highest BCUT2D eigenvalue weighted by Crippen LogP contribution is 2.24. The number of methoxy groups -OCH3 is 1. The van der Waals surface area contributed by atoms with Gasteiger partial charge in [-0.1, -0.05) is 0 Å². The zero-order chi connectivity index (χ0) is 16.8. The zero-order valence-corrected chi connectivity index (χ0v) is 13.8. The van der Waals surface area contributed by atoms with Gasteiger partial charge in [-0.3, -0.25) is 0 Å². The van der Waals surface area contributed by atoms with Crippen molar-refractivity contribution in [2.75, 3.05) is 33.4 Å². The van der Waals surface area contributed by atoms with E-state index < -0.39 is 0 Å². The van der Waals surface area contributed by atoms with Crippen LogP contribution in [0.15, 0.2) is 12.4 Å². The van der Waals surface area contributed by atoms with Gasteiger partial charge in [-0.15, -0.1) is 0 Å². The number of ether oxygens (including phenoxy) is 4. The Morgan fingerprint density at radius 1 is 1.17 bits per heavy atom. The Morgan fingerprint density at radius 3 is 2.67 bits per heavy atom. The van der Waals surface area contributed by atoms with E-state index in [4.69, 9.17) is 18.9 Å². The zero-order valence-electron chi connectivity index (χ0n) is 13.8. The Bertz CT molecular complexity index is 550. The van der Waals surface area contributed by atoms with Gasteiger partial charge < -0.3 is 23.8 Å². The van der Waals surface area contributed by atoms with Crippen molar-refractivity contribution in [1.29, 1.82) is 0 Å². The summed E-state index contributed by atoms with van der Waals surface area (Å²) in [5.41, 5.74) is 0. The molecule has 0 N–H and O–H groups in total. The first-order valence-corrected chi connectivity index (χ1v) is 8.31. The fourth-order valence-electron chi connectivity index (χ4n) is 2.90. The highest BCUT2D eigenvalue weighted by atomic mass is 16.6. The van der Waals surface area contributed by atoms with Gasteiger partial charge in [0.1, 0.15) is 12.2 Å². The summed E-state index contributed by atoms with van der Waals surface area (Å²) in [6, 6.07) is 0. The molecule has 1 atom stereocenters. The molecule has 2 saturated heterocycles. The van der Waals surface area contributed by atoms with Crippen molar-refractivity contribution in [2.45, 2.75) is 37.9 Å². The van der Waals surface area contributed by atoms with E-state index in [9.17, 15) is 4.79 Å². The molecule has 132 valence electrons. The van der Waals surface area contributed by atoms with Gasteiger partial charge in [-0.2, -0.15) is 0 Å². The average Bonchev–Trinajstić information content (AvgIpc) is 2.63. The van der Waals surface area contributed by atoms with Crippen molar-refractivity contribution in [3.63, 3.8) is 0 Å². The van der Waals surface area contributed by atoms with Crippen LogP contribution in [0.1, 0.15) is 25.7 Å². The number of carbonyl (C=O) groups is 1. The quantitative estimate of drug-likeness (QED) is 0.826. The minimum atomic E-state index is -0.277. The molecule has 2 aliphatic heterocycles. The van der Waals surface area contributed by atoms with Gasteiger partial charge >= 0.3 is 6.09 Å². The van der Waals surface area contributed by atoms with Crippen LogP contribution in [0, 0.1) is 0 Å². The molecule has 0 radical (unpaired) electrons. The molecule has 1 amide bonds. The molecule has 1 aromatic heterocycles. The summed E-state index contributed by atoms with van der Waals surface area (Å²) in [5, 5.41) is 0. The van der Waals surface area contributed by atoms with Crippen molar-refractivity contribution < 1.29 is 23.7 Å². The summed E-state index contributed by atoms with van der Waals surface area (Å²) < 4.78 is 21.9. The van der Waals surface area contributed by atoms with Crippen molar-refractivity contribution >= 4 is 6.09 Å². The van der Waals surface area contributed by atoms with Crippen molar-refractivity contribution in [3.05, 3.63) is 12.4 Å². The molecule has 0 bridgehead atoms. The molecule has 8 nitrogen and oxygen atoms in total. The molecule has 0 saturated carbocycles. The molecule has 8 heteroatoms. The van der Waals surface area contributed by atoms with Crippen LogP contribution in [0.5, 0.6) is 11.8 Å². The molecule has 24 heavy (non-hydrogen) atoms. The summed E-state index contributed by atoms with van der Waals surface area (Å²) in [6.07, 6.45) is 5.85. The van der Waals surface area contributed by atoms with Gasteiger partial charge in [0.15, 0.2) is 0 Å². The summed E-state index contributed by atoms with van der Waals surface area (Å²) in [7, 11) is 1.52. The first-order valence-electron chi connectivity index (χ1n) is 8.31. The Morgan fingerprint density at radius 2 is 1.92 bits per heavy atom. The van der Waals surface area contributed by atoms with E-state index in [1.54, 1.807) is 17.3 Å². The standard InChI is InChI=1S/C16H23N3O5/c1-21-14-15(18-7-6-17-14)23-13-3-2-8-19(11-13)16(20)24-12-4-9-22-10-5-12/h6-7,12-13H,2-5,8-11H2,1H3. The van der Waals surface area contributed by atoms with Crippen molar-refractivity contribution in [2.24, 2.45) is 0 Å². The summed E-state index contributed by atoms with van der Waals surface area (Å²) in [4.78, 5) is 22.3. The second-order valence-electron chi connectivity index (χ2n) is 5.89. The SMILES string of the molecule is COc1nccnc1OC1CCCN(C(=O)OC2CCOCC2)C1. The Kier molecular flexibility index (Phi) is 5.68. The predicted octanol–water partition coefficient (Wildman–Crippen LogP) is 1.64. The Balaban J connectivity index is 1.54. The third kappa shape index (κ3) is 4.25. The molecular formula is C16H23N3O5. The van der Waals surface area contributed by atoms with Gasteiger partial charge in [-0.05, 0) is 12.8 Å². The lowest BCUT2D eigenvalue weighted by Crippen LogP contribution is -2.46. The van der Waals surface area contributed by atoms with E-state index in [-0.39, 0.29) is 18.3 Å². The normalized spacial score (nSPS) is 22.0. The Hall–Kier alpha value is -2.09. The smallest absolute Gasteiger partial charge is 0.410 e.